The molecule has 2 aromatic carbocycles. The topological polar surface area (TPSA) is 61.8 Å². The smallest absolute Gasteiger partial charge is 0.242 e. The fourth-order valence-electron chi connectivity index (χ4n) is 3.29. The van der Waals surface area contributed by atoms with E-state index in [-0.39, 0.29) is 18.2 Å². The fourth-order valence-corrected chi connectivity index (χ4v) is 4.47. The van der Waals surface area contributed by atoms with Gasteiger partial charge in [0.2, 0.25) is 11.8 Å². The molecule has 1 fully saturated rings. The van der Waals surface area contributed by atoms with Gasteiger partial charge in [-0.05, 0) is 56.5 Å². The number of hydrogen-bond acceptors (Lipinski definition) is 4. The Morgan fingerprint density at radius 1 is 1.14 bits per heavy atom. The van der Waals surface area contributed by atoms with Gasteiger partial charge in [-0.25, -0.2) is 4.99 Å². The summed E-state index contributed by atoms with van der Waals surface area (Å²) in [6, 6.07) is 13.8. The Bertz CT molecular complexity index is 955. The molecule has 1 heterocycles. The molecule has 0 aliphatic carbocycles. The van der Waals surface area contributed by atoms with Crippen molar-refractivity contribution in [2.45, 2.75) is 45.8 Å². The third kappa shape index (κ3) is 5.26. The highest BCUT2D eigenvalue weighted by Crippen LogP contribution is 2.32. The molecule has 1 atom stereocenters. The number of aryl methyl sites for hydroxylation is 3. The van der Waals surface area contributed by atoms with Crippen molar-refractivity contribution >= 4 is 40.1 Å². The minimum Gasteiger partial charge on any atom is -0.326 e. The minimum atomic E-state index is -0.448. The van der Waals surface area contributed by atoms with Crippen molar-refractivity contribution in [2.75, 3.05) is 11.9 Å². The van der Waals surface area contributed by atoms with E-state index in [0.29, 0.717) is 11.7 Å². The van der Waals surface area contributed by atoms with Crippen molar-refractivity contribution in [3.05, 3.63) is 59.2 Å². The maximum absolute atomic E-state index is 12.9. The molecule has 0 radical (unpaired) electrons. The van der Waals surface area contributed by atoms with E-state index >= 15 is 0 Å². The monoisotopic (exact) mass is 409 g/mol. The maximum atomic E-state index is 12.9. The molecule has 1 aliphatic rings. The van der Waals surface area contributed by atoms with Crippen LogP contribution < -0.4 is 5.32 Å². The van der Waals surface area contributed by atoms with Gasteiger partial charge in [0.25, 0.3) is 0 Å². The first kappa shape index (κ1) is 21.1. The largest absolute Gasteiger partial charge is 0.326 e. The Morgan fingerprint density at radius 3 is 2.59 bits per heavy atom. The zero-order valence-corrected chi connectivity index (χ0v) is 18.2. The summed E-state index contributed by atoms with van der Waals surface area (Å²) in [7, 11) is 0. The molecule has 1 aliphatic heterocycles. The van der Waals surface area contributed by atoms with Gasteiger partial charge in [-0.2, -0.15) is 0 Å². The number of benzene rings is 2. The third-order valence-electron chi connectivity index (χ3n) is 4.72. The number of nitrogens with zero attached hydrogens (tertiary/aromatic N) is 2. The summed E-state index contributed by atoms with van der Waals surface area (Å²) >= 11 is 1.38. The standard InChI is InChI=1S/C23H27N3O2S/c1-5-11-26-22(28)20(29-23(26)24-18-8-6-7-15(2)13-18)14-21(27)25-19-10-9-16(3)12-17(19)4/h6-10,12-13,20H,5,11,14H2,1-4H3,(H,25,27)/t20-/m1/s1. The second-order valence-corrected chi connectivity index (χ2v) is 8.57. The zero-order chi connectivity index (χ0) is 21.0. The van der Waals surface area contributed by atoms with Gasteiger partial charge < -0.3 is 5.32 Å². The summed E-state index contributed by atoms with van der Waals surface area (Å²) < 4.78 is 0. The first-order chi connectivity index (χ1) is 13.9. The van der Waals surface area contributed by atoms with Crippen molar-refractivity contribution in [3.63, 3.8) is 0 Å². The minimum absolute atomic E-state index is 0.0426. The summed E-state index contributed by atoms with van der Waals surface area (Å²) in [4.78, 5) is 31.9. The van der Waals surface area contributed by atoms with Crippen LogP contribution in [0.1, 0.15) is 36.5 Å². The van der Waals surface area contributed by atoms with Crippen LogP contribution in [0.25, 0.3) is 0 Å². The number of aliphatic imine (C=N–C) groups is 1. The van der Waals surface area contributed by atoms with Crippen LogP contribution in [0, 0.1) is 20.8 Å². The molecule has 0 saturated carbocycles. The highest BCUT2D eigenvalue weighted by Gasteiger charge is 2.38. The van der Waals surface area contributed by atoms with Gasteiger partial charge in [0.1, 0.15) is 5.25 Å². The number of carbonyl (C=O) groups excluding carboxylic acids is 2. The first-order valence-corrected chi connectivity index (χ1v) is 10.8. The molecule has 29 heavy (non-hydrogen) atoms. The number of carbonyl (C=O) groups is 2. The number of amides is 2. The average Bonchev–Trinajstić information content (AvgIpc) is 2.93. The number of hydrogen-bond donors (Lipinski definition) is 1. The van der Waals surface area contributed by atoms with E-state index in [9.17, 15) is 9.59 Å². The van der Waals surface area contributed by atoms with Gasteiger partial charge >= 0.3 is 0 Å². The van der Waals surface area contributed by atoms with E-state index in [1.165, 1.54) is 11.8 Å². The molecule has 1 saturated heterocycles. The van der Waals surface area contributed by atoms with Crippen LogP contribution in [0.3, 0.4) is 0 Å². The zero-order valence-electron chi connectivity index (χ0n) is 17.4. The summed E-state index contributed by atoms with van der Waals surface area (Å²) in [5.74, 6) is -0.199. The predicted molar refractivity (Wildman–Crippen MR) is 121 cm³/mol. The Labute approximate surface area is 176 Å². The SMILES string of the molecule is CCCN1C(=O)[C@@H](CC(=O)Nc2ccc(C)cc2C)SC1=Nc1cccc(C)c1. The van der Waals surface area contributed by atoms with Gasteiger partial charge in [0.05, 0.1) is 5.69 Å². The molecule has 3 rings (SSSR count). The van der Waals surface area contributed by atoms with E-state index in [4.69, 9.17) is 0 Å². The van der Waals surface area contributed by atoms with E-state index in [0.717, 1.165) is 34.5 Å². The third-order valence-corrected chi connectivity index (χ3v) is 5.90. The number of anilines is 1. The lowest BCUT2D eigenvalue weighted by atomic mass is 10.1. The summed E-state index contributed by atoms with van der Waals surface area (Å²) in [6.45, 7) is 8.63. The van der Waals surface area contributed by atoms with Crippen LogP contribution in [0.2, 0.25) is 0 Å². The lowest BCUT2D eigenvalue weighted by Gasteiger charge is -2.15. The number of amidine groups is 1. The van der Waals surface area contributed by atoms with Crippen molar-refractivity contribution in [2.24, 2.45) is 4.99 Å². The summed E-state index contributed by atoms with van der Waals surface area (Å²) in [6.07, 6.45) is 0.963. The van der Waals surface area contributed by atoms with E-state index in [1.54, 1.807) is 4.90 Å². The van der Waals surface area contributed by atoms with E-state index in [2.05, 4.69) is 10.3 Å². The van der Waals surface area contributed by atoms with E-state index in [1.807, 2.05) is 70.2 Å². The number of nitrogens with one attached hydrogen (secondary N) is 1. The fraction of sp³-hybridized carbons (Fsp3) is 0.348. The molecule has 0 unspecified atom stereocenters. The number of thioether (sulfide) groups is 1. The normalized spacial score (nSPS) is 17.8. The molecule has 152 valence electrons. The highest BCUT2D eigenvalue weighted by atomic mass is 32.2. The molecule has 2 amide bonds. The summed E-state index contributed by atoms with van der Waals surface area (Å²) in [5, 5.41) is 3.17. The van der Waals surface area contributed by atoms with Crippen LogP contribution in [-0.4, -0.2) is 33.7 Å². The van der Waals surface area contributed by atoms with Crippen LogP contribution >= 0.6 is 11.8 Å². The summed E-state index contributed by atoms with van der Waals surface area (Å²) in [5.41, 5.74) is 4.89. The molecule has 5 nitrogen and oxygen atoms in total. The lowest BCUT2D eigenvalue weighted by Crippen LogP contribution is -2.34. The van der Waals surface area contributed by atoms with Crippen molar-refractivity contribution in [3.8, 4) is 0 Å². The maximum Gasteiger partial charge on any atom is 0.242 e. The van der Waals surface area contributed by atoms with Gasteiger partial charge in [-0.1, -0.05) is 48.5 Å². The lowest BCUT2D eigenvalue weighted by molar-refractivity contribution is -0.128. The Balaban J connectivity index is 1.74. The molecule has 0 aromatic heterocycles. The highest BCUT2D eigenvalue weighted by molar-refractivity contribution is 8.15. The second kappa shape index (κ2) is 9.27. The molecular formula is C23H27N3O2S. The average molecular weight is 410 g/mol. The first-order valence-electron chi connectivity index (χ1n) is 9.88. The Hall–Kier alpha value is -2.60. The van der Waals surface area contributed by atoms with Crippen LogP contribution in [0.4, 0.5) is 11.4 Å². The Morgan fingerprint density at radius 2 is 1.90 bits per heavy atom. The van der Waals surface area contributed by atoms with Gasteiger partial charge in [-0.15, -0.1) is 0 Å². The van der Waals surface area contributed by atoms with Crippen LogP contribution in [0.15, 0.2) is 47.5 Å². The molecule has 6 heteroatoms. The molecule has 0 spiro atoms. The quantitative estimate of drug-likeness (QED) is 0.732. The van der Waals surface area contributed by atoms with E-state index < -0.39 is 5.25 Å². The number of rotatable bonds is 6. The van der Waals surface area contributed by atoms with Crippen LogP contribution in [-0.2, 0) is 9.59 Å². The van der Waals surface area contributed by atoms with Gasteiger partial charge in [0, 0.05) is 18.7 Å². The van der Waals surface area contributed by atoms with Gasteiger partial charge in [0.15, 0.2) is 5.17 Å². The van der Waals surface area contributed by atoms with Crippen LogP contribution in [0.5, 0.6) is 0 Å². The molecule has 0 bridgehead atoms. The predicted octanol–water partition coefficient (Wildman–Crippen LogP) is 4.98. The second-order valence-electron chi connectivity index (χ2n) is 7.40. The van der Waals surface area contributed by atoms with Gasteiger partial charge in [-0.3, -0.25) is 14.5 Å². The van der Waals surface area contributed by atoms with Crippen molar-refractivity contribution in [1.82, 2.24) is 4.90 Å². The van der Waals surface area contributed by atoms with Crippen molar-refractivity contribution in [1.29, 1.82) is 0 Å². The molecule has 2 aromatic rings. The Kier molecular flexibility index (Phi) is 6.75. The molecular weight excluding hydrogens is 382 g/mol. The molecule has 1 N–H and O–H groups in total. The van der Waals surface area contributed by atoms with Crippen molar-refractivity contribution < 1.29 is 9.59 Å².